The molecule has 2 aromatic carbocycles. The van der Waals surface area contributed by atoms with E-state index in [1.807, 2.05) is 19.9 Å². The van der Waals surface area contributed by atoms with Crippen molar-refractivity contribution in [3.05, 3.63) is 65.7 Å². The second-order valence-corrected chi connectivity index (χ2v) is 7.60. The molecule has 0 aliphatic carbocycles. The van der Waals surface area contributed by atoms with Crippen molar-refractivity contribution in [1.29, 1.82) is 5.26 Å². The maximum atomic E-state index is 12.4. The van der Waals surface area contributed by atoms with Crippen LogP contribution in [-0.2, 0) is 14.3 Å². The van der Waals surface area contributed by atoms with Gasteiger partial charge in [-0.3, -0.25) is 9.59 Å². The maximum Gasteiger partial charge on any atom is 0.344 e. The largest absolute Gasteiger partial charge is 0.482 e. The summed E-state index contributed by atoms with van der Waals surface area (Å²) in [5.41, 5.74) is 0.0155. The maximum absolute atomic E-state index is 12.4. The molecule has 7 heteroatoms. The van der Waals surface area contributed by atoms with E-state index in [1.165, 1.54) is 6.92 Å². The van der Waals surface area contributed by atoms with E-state index in [2.05, 4.69) is 11.4 Å². The van der Waals surface area contributed by atoms with Gasteiger partial charge in [0.2, 0.25) is 0 Å². The molecule has 0 aliphatic heterocycles. The number of carbonyl (C=O) groups excluding carboxylic acids is 3. The molecule has 0 spiro atoms. The minimum Gasteiger partial charge on any atom is -0.482 e. The number of nitrogens with zero attached hydrogens (tertiary/aromatic N) is 1. The van der Waals surface area contributed by atoms with Gasteiger partial charge >= 0.3 is 5.97 Å². The van der Waals surface area contributed by atoms with Gasteiger partial charge in [0.05, 0.1) is 6.07 Å². The second kappa shape index (κ2) is 10.4. The van der Waals surface area contributed by atoms with Crippen LogP contribution in [0, 0.1) is 17.2 Å². The van der Waals surface area contributed by atoms with Crippen molar-refractivity contribution in [3.63, 3.8) is 0 Å². The number of ether oxygens (including phenoxy) is 2. The van der Waals surface area contributed by atoms with Crippen LogP contribution >= 0.6 is 0 Å². The molecule has 0 aliphatic rings. The normalized spacial score (nSPS) is 13.4. The van der Waals surface area contributed by atoms with Gasteiger partial charge in [-0.15, -0.1) is 0 Å². The minimum atomic E-state index is -1.08. The van der Waals surface area contributed by atoms with Crippen LogP contribution in [0.25, 0.3) is 0 Å². The highest BCUT2D eigenvalue weighted by atomic mass is 16.6. The van der Waals surface area contributed by atoms with E-state index < -0.39 is 30.1 Å². The molecule has 0 saturated heterocycles. The van der Waals surface area contributed by atoms with E-state index in [4.69, 9.17) is 9.47 Å². The number of nitrogens with one attached hydrogen (secondary N) is 1. The average Bonchev–Trinajstić information content (AvgIpc) is 2.77. The number of hydrogen-bond acceptors (Lipinski definition) is 6. The summed E-state index contributed by atoms with van der Waals surface area (Å²) < 4.78 is 10.5. The standard InChI is InChI=1S/C24H26N2O5/c1-16(2)24(4,15-25)26-23(29)17(3)31-21(27)14-30-20-12-10-19(11-13-20)22(28)18-8-6-5-7-9-18/h5-13,16-17H,14H2,1-4H3,(H,26,29)/t17-,24-/m1/s1. The van der Waals surface area contributed by atoms with Gasteiger partial charge in [0.25, 0.3) is 5.91 Å². The lowest BCUT2D eigenvalue weighted by molar-refractivity contribution is -0.157. The molecule has 0 aromatic heterocycles. The lowest BCUT2D eigenvalue weighted by Crippen LogP contribution is -2.52. The van der Waals surface area contributed by atoms with E-state index >= 15 is 0 Å². The minimum absolute atomic E-state index is 0.114. The highest BCUT2D eigenvalue weighted by Gasteiger charge is 2.32. The zero-order valence-corrected chi connectivity index (χ0v) is 18.0. The first-order valence-electron chi connectivity index (χ1n) is 9.91. The lowest BCUT2D eigenvalue weighted by atomic mass is 9.90. The molecule has 2 aromatic rings. The van der Waals surface area contributed by atoms with Crippen LogP contribution in [0.2, 0.25) is 0 Å². The molecule has 0 saturated carbocycles. The third-order valence-corrected chi connectivity index (χ3v) is 4.96. The molecule has 0 fully saturated rings. The summed E-state index contributed by atoms with van der Waals surface area (Å²) in [6.45, 7) is 6.26. The average molecular weight is 422 g/mol. The summed E-state index contributed by atoms with van der Waals surface area (Å²) in [6, 6.07) is 17.4. The predicted molar refractivity (Wildman–Crippen MR) is 114 cm³/mol. The van der Waals surface area contributed by atoms with Gasteiger partial charge < -0.3 is 14.8 Å². The number of esters is 1. The van der Waals surface area contributed by atoms with Crippen molar-refractivity contribution in [2.75, 3.05) is 6.61 Å². The highest BCUT2D eigenvalue weighted by molar-refractivity contribution is 6.09. The summed E-state index contributed by atoms with van der Waals surface area (Å²) in [7, 11) is 0. The fraction of sp³-hybridized carbons (Fsp3) is 0.333. The molecule has 0 bridgehead atoms. The summed E-state index contributed by atoms with van der Waals surface area (Å²) >= 11 is 0. The molecule has 2 atom stereocenters. The zero-order valence-electron chi connectivity index (χ0n) is 18.0. The van der Waals surface area contributed by atoms with Crippen LogP contribution in [-0.4, -0.2) is 35.9 Å². The van der Waals surface area contributed by atoms with Crippen LogP contribution in [0.4, 0.5) is 0 Å². The SMILES string of the molecule is CC(C)[C@@](C)(C#N)NC(=O)[C@@H](C)OC(=O)COc1ccc(C(=O)c2ccccc2)cc1. The van der Waals surface area contributed by atoms with Gasteiger partial charge in [0.15, 0.2) is 18.5 Å². The van der Waals surface area contributed by atoms with Gasteiger partial charge in [-0.25, -0.2) is 4.79 Å². The molecule has 0 heterocycles. The number of nitriles is 1. The van der Waals surface area contributed by atoms with Crippen LogP contribution < -0.4 is 10.1 Å². The molecular weight excluding hydrogens is 396 g/mol. The molecular formula is C24H26N2O5. The number of rotatable bonds is 9. The van der Waals surface area contributed by atoms with Gasteiger partial charge in [-0.2, -0.15) is 5.26 Å². The molecule has 1 N–H and O–H groups in total. The van der Waals surface area contributed by atoms with Crippen LogP contribution in [0.1, 0.15) is 43.6 Å². The van der Waals surface area contributed by atoms with E-state index in [0.29, 0.717) is 16.9 Å². The first-order valence-corrected chi connectivity index (χ1v) is 9.91. The molecule has 0 unspecified atom stereocenters. The smallest absolute Gasteiger partial charge is 0.344 e. The molecule has 31 heavy (non-hydrogen) atoms. The van der Waals surface area contributed by atoms with Gasteiger partial charge in [-0.05, 0) is 44.0 Å². The van der Waals surface area contributed by atoms with Crippen molar-refractivity contribution in [2.24, 2.45) is 5.92 Å². The number of benzene rings is 2. The number of ketones is 1. The Kier molecular flexibility index (Phi) is 7.92. The Morgan fingerprint density at radius 3 is 2.13 bits per heavy atom. The highest BCUT2D eigenvalue weighted by Crippen LogP contribution is 2.17. The Hall–Kier alpha value is -3.66. The van der Waals surface area contributed by atoms with Gasteiger partial charge in [0.1, 0.15) is 11.3 Å². The number of carbonyl (C=O) groups is 3. The topological polar surface area (TPSA) is 105 Å². The van der Waals surface area contributed by atoms with Gasteiger partial charge in [-0.1, -0.05) is 44.2 Å². The van der Waals surface area contributed by atoms with Crippen LogP contribution in [0.3, 0.4) is 0 Å². The van der Waals surface area contributed by atoms with E-state index in [9.17, 15) is 19.6 Å². The fourth-order valence-corrected chi connectivity index (χ4v) is 2.54. The monoisotopic (exact) mass is 422 g/mol. The predicted octanol–water partition coefficient (Wildman–Crippen LogP) is 3.28. The molecule has 162 valence electrons. The first kappa shape index (κ1) is 23.6. The summed E-state index contributed by atoms with van der Waals surface area (Å²) in [6.07, 6.45) is -1.08. The molecule has 7 nitrogen and oxygen atoms in total. The van der Waals surface area contributed by atoms with Crippen molar-refractivity contribution in [2.45, 2.75) is 39.3 Å². The lowest BCUT2D eigenvalue weighted by Gasteiger charge is -2.28. The van der Waals surface area contributed by atoms with Crippen LogP contribution in [0.15, 0.2) is 54.6 Å². The number of hydrogen-bond donors (Lipinski definition) is 1. The quantitative estimate of drug-likeness (QED) is 0.491. The Morgan fingerprint density at radius 1 is 1.00 bits per heavy atom. The van der Waals surface area contributed by atoms with Gasteiger partial charge in [0, 0.05) is 11.1 Å². The Labute approximate surface area is 182 Å². The van der Waals surface area contributed by atoms with E-state index in [-0.39, 0.29) is 11.7 Å². The van der Waals surface area contributed by atoms with Crippen molar-refractivity contribution < 1.29 is 23.9 Å². The van der Waals surface area contributed by atoms with E-state index in [0.717, 1.165) is 0 Å². The Bertz CT molecular complexity index is 964. The fourth-order valence-electron chi connectivity index (χ4n) is 2.54. The van der Waals surface area contributed by atoms with Crippen molar-refractivity contribution in [3.8, 4) is 11.8 Å². The summed E-state index contributed by atoms with van der Waals surface area (Å²) in [5.74, 6) is -1.14. The number of amides is 1. The van der Waals surface area contributed by atoms with Crippen LogP contribution in [0.5, 0.6) is 5.75 Å². The van der Waals surface area contributed by atoms with Crippen molar-refractivity contribution >= 4 is 17.7 Å². The molecule has 2 rings (SSSR count). The van der Waals surface area contributed by atoms with E-state index in [1.54, 1.807) is 55.5 Å². The first-order chi connectivity index (χ1) is 14.7. The molecule has 1 amide bonds. The second-order valence-electron chi connectivity index (χ2n) is 7.60. The third-order valence-electron chi connectivity index (χ3n) is 4.96. The Morgan fingerprint density at radius 2 is 1.58 bits per heavy atom. The zero-order chi connectivity index (χ0) is 23.0. The van der Waals surface area contributed by atoms with Crippen molar-refractivity contribution in [1.82, 2.24) is 5.32 Å². The molecule has 0 radical (unpaired) electrons. The summed E-state index contributed by atoms with van der Waals surface area (Å²) in [5, 5.41) is 11.9. The summed E-state index contributed by atoms with van der Waals surface area (Å²) in [4.78, 5) is 36.7. The Balaban J connectivity index is 1.86. The third kappa shape index (κ3) is 6.41.